The lowest BCUT2D eigenvalue weighted by Crippen LogP contribution is -2.36. The number of rotatable bonds is 4. The van der Waals surface area contributed by atoms with Crippen LogP contribution in [0.15, 0.2) is 77.3 Å². The third-order valence-electron chi connectivity index (χ3n) is 4.93. The van der Waals surface area contributed by atoms with E-state index in [1.54, 1.807) is 54.6 Å². The number of anilines is 2. The van der Waals surface area contributed by atoms with E-state index in [1.807, 2.05) is 32.0 Å². The summed E-state index contributed by atoms with van der Waals surface area (Å²) < 4.78 is 2.14. The summed E-state index contributed by atoms with van der Waals surface area (Å²) in [6.45, 7) is 3.81. The highest BCUT2D eigenvalue weighted by Gasteiger charge is 2.21. The van der Waals surface area contributed by atoms with Crippen LogP contribution in [-0.4, -0.2) is 22.4 Å². The number of aromatic nitrogens is 1. The number of carbonyl (C=O) groups excluding carboxylic acids is 3. The van der Waals surface area contributed by atoms with Crippen LogP contribution in [-0.2, 0) is 9.59 Å². The fourth-order valence-electron chi connectivity index (χ4n) is 3.58. The Bertz CT molecular complexity index is 1360. The van der Waals surface area contributed by atoms with Crippen molar-refractivity contribution >= 4 is 55.9 Å². The summed E-state index contributed by atoms with van der Waals surface area (Å²) in [4.78, 5) is 38.3. The van der Waals surface area contributed by atoms with Crippen molar-refractivity contribution in [2.75, 3.05) is 16.1 Å². The molecule has 3 aromatic carbocycles. The molecule has 3 amide bonds. The quantitative estimate of drug-likeness (QED) is 0.342. The van der Waals surface area contributed by atoms with E-state index in [1.165, 1.54) is 4.68 Å². The number of nitrogens with zero attached hydrogens (tertiary/aromatic N) is 1. The number of para-hydroxylation sites is 1. The number of nitrogens with one attached hydrogen (secondary N) is 3. The first-order valence-electron chi connectivity index (χ1n) is 10.2. The topological polar surface area (TPSA) is 92.2 Å². The van der Waals surface area contributed by atoms with Crippen molar-refractivity contribution in [2.24, 2.45) is 0 Å². The lowest BCUT2D eigenvalue weighted by molar-refractivity contribution is -0.133. The molecule has 4 aromatic rings. The van der Waals surface area contributed by atoms with E-state index in [0.29, 0.717) is 16.9 Å². The van der Waals surface area contributed by atoms with Gasteiger partial charge in [0.2, 0.25) is 0 Å². The van der Waals surface area contributed by atoms with Gasteiger partial charge >= 0.3 is 11.8 Å². The van der Waals surface area contributed by atoms with Crippen LogP contribution < -0.4 is 16.1 Å². The molecule has 166 valence electrons. The summed E-state index contributed by atoms with van der Waals surface area (Å²) >= 11 is 3.42. The molecule has 4 rings (SSSR count). The Morgan fingerprint density at radius 2 is 1.45 bits per heavy atom. The highest BCUT2D eigenvalue weighted by Crippen LogP contribution is 2.24. The van der Waals surface area contributed by atoms with E-state index in [0.717, 1.165) is 21.0 Å². The standard InChI is InChI=1S/C25H21BrN4O3/c1-15-10-16(2)12-20(11-15)28-24(32)25(33)29-30-21-9-8-18(26)13-17(21)14-22(30)23(31)27-19-6-4-3-5-7-19/h3-14H,1-2H3,(H,27,31)(H,28,32)(H,29,33). The van der Waals surface area contributed by atoms with E-state index in [9.17, 15) is 14.4 Å². The van der Waals surface area contributed by atoms with Crippen molar-refractivity contribution in [3.63, 3.8) is 0 Å². The molecule has 0 aliphatic heterocycles. The van der Waals surface area contributed by atoms with Crippen LogP contribution in [0.25, 0.3) is 10.9 Å². The summed E-state index contributed by atoms with van der Waals surface area (Å²) in [6, 6.07) is 21.5. The number of fused-ring (bicyclic) bond motifs is 1. The molecule has 0 saturated heterocycles. The highest BCUT2D eigenvalue weighted by molar-refractivity contribution is 9.10. The van der Waals surface area contributed by atoms with Crippen LogP contribution in [0, 0.1) is 13.8 Å². The molecule has 0 saturated carbocycles. The van der Waals surface area contributed by atoms with Crippen molar-refractivity contribution in [2.45, 2.75) is 13.8 Å². The molecule has 0 aliphatic rings. The summed E-state index contributed by atoms with van der Waals surface area (Å²) in [6.07, 6.45) is 0. The zero-order chi connectivity index (χ0) is 23.5. The number of hydrogen-bond acceptors (Lipinski definition) is 3. The zero-order valence-corrected chi connectivity index (χ0v) is 19.6. The van der Waals surface area contributed by atoms with Gasteiger partial charge < -0.3 is 10.6 Å². The van der Waals surface area contributed by atoms with Crippen LogP contribution in [0.3, 0.4) is 0 Å². The molecular formula is C25H21BrN4O3. The third kappa shape index (κ3) is 5.12. The van der Waals surface area contributed by atoms with E-state index in [-0.39, 0.29) is 5.69 Å². The predicted molar refractivity (Wildman–Crippen MR) is 133 cm³/mol. The second kappa shape index (κ2) is 9.30. The Kier molecular flexibility index (Phi) is 6.28. The number of halogens is 1. The number of aryl methyl sites for hydroxylation is 2. The first-order valence-corrected chi connectivity index (χ1v) is 11.0. The molecule has 0 bridgehead atoms. The minimum absolute atomic E-state index is 0.180. The lowest BCUT2D eigenvalue weighted by Gasteiger charge is -2.13. The molecule has 0 spiro atoms. The lowest BCUT2D eigenvalue weighted by atomic mass is 10.1. The average Bonchev–Trinajstić information content (AvgIpc) is 3.11. The van der Waals surface area contributed by atoms with Crippen molar-refractivity contribution in [3.05, 3.63) is 94.1 Å². The number of benzene rings is 3. The molecular weight excluding hydrogens is 484 g/mol. The largest absolute Gasteiger partial charge is 0.328 e. The van der Waals surface area contributed by atoms with Crippen LogP contribution in [0.5, 0.6) is 0 Å². The van der Waals surface area contributed by atoms with E-state index < -0.39 is 17.7 Å². The van der Waals surface area contributed by atoms with Crippen LogP contribution in [0.4, 0.5) is 11.4 Å². The van der Waals surface area contributed by atoms with Gasteiger partial charge in [-0.05, 0) is 73.5 Å². The van der Waals surface area contributed by atoms with Crippen LogP contribution in [0.2, 0.25) is 0 Å². The monoisotopic (exact) mass is 504 g/mol. The first kappa shape index (κ1) is 22.3. The van der Waals surface area contributed by atoms with Crippen molar-refractivity contribution in [3.8, 4) is 0 Å². The molecule has 0 fully saturated rings. The van der Waals surface area contributed by atoms with Gasteiger partial charge in [-0.25, -0.2) is 4.68 Å². The second-order valence-corrected chi connectivity index (χ2v) is 8.58. The number of hydrogen-bond donors (Lipinski definition) is 3. The fraction of sp³-hybridized carbons (Fsp3) is 0.0800. The van der Waals surface area contributed by atoms with Crippen LogP contribution >= 0.6 is 15.9 Å². The maximum Gasteiger partial charge on any atom is 0.328 e. The molecule has 1 heterocycles. The molecule has 0 radical (unpaired) electrons. The molecule has 0 unspecified atom stereocenters. The van der Waals surface area contributed by atoms with Gasteiger partial charge in [0.15, 0.2) is 0 Å². The van der Waals surface area contributed by atoms with Crippen LogP contribution in [0.1, 0.15) is 21.6 Å². The van der Waals surface area contributed by atoms with Gasteiger partial charge in [-0.2, -0.15) is 0 Å². The van der Waals surface area contributed by atoms with Gasteiger partial charge in [-0.3, -0.25) is 19.8 Å². The zero-order valence-electron chi connectivity index (χ0n) is 18.0. The summed E-state index contributed by atoms with van der Waals surface area (Å²) in [7, 11) is 0. The minimum Gasteiger partial charge on any atom is -0.321 e. The Morgan fingerprint density at radius 1 is 0.758 bits per heavy atom. The minimum atomic E-state index is -0.900. The van der Waals surface area contributed by atoms with Gasteiger partial charge in [0, 0.05) is 21.2 Å². The number of carbonyl (C=O) groups is 3. The molecule has 3 N–H and O–H groups in total. The Hall–Kier alpha value is -3.91. The number of amides is 3. The smallest absolute Gasteiger partial charge is 0.321 e. The normalized spacial score (nSPS) is 10.6. The van der Waals surface area contributed by atoms with Gasteiger partial charge in [0.1, 0.15) is 5.69 Å². The summed E-state index contributed by atoms with van der Waals surface area (Å²) in [5.74, 6) is -2.17. The Morgan fingerprint density at radius 3 is 2.15 bits per heavy atom. The first-order chi connectivity index (χ1) is 15.8. The molecule has 0 atom stereocenters. The predicted octanol–water partition coefficient (Wildman–Crippen LogP) is 4.98. The summed E-state index contributed by atoms with van der Waals surface area (Å²) in [5, 5.41) is 6.13. The maximum atomic E-state index is 13.0. The van der Waals surface area contributed by atoms with Crippen molar-refractivity contribution in [1.29, 1.82) is 0 Å². The Labute approximate surface area is 198 Å². The molecule has 33 heavy (non-hydrogen) atoms. The van der Waals surface area contributed by atoms with E-state index in [2.05, 4.69) is 32.0 Å². The Balaban J connectivity index is 1.62. The molecule has 0 aliphatic carbocycles. The van der Waals surface area contributed by atoms with Gasteiger partial charge in [0.05, 0.1) is 5.52 Å². The van der Waals surface area contributed by atoms with Gasteiger partial charge in [-0.1, -0.05) is 40.2 Å². The summed E-state index contributed by atoms with van der Waals surface area (Å²) in [5.41, 5.74) is 6.38. The average molecular weight is 505 g/mol. The maximum absolute atomic E-state index is 13.0. The second-order valence-electron chi connectivity index (χ2n) is 7.66. The SMILES string of the molecule is Cc1cc(C)cc(NC(=O)C(=O)Nn2c(C(=O)Nc3ccccc3)cc3cc(Br)ccc32)c1. The van der Waals surface area contributed by atoms with Crippen molar-refractivity contribution in [1.82, 2.24) is 4.68 Å². The van der Waals surface area contributed by atoms with Gasteiger partial charge in [-0.15, -0.1) is 0 Å². The van der Waals surface area contributed by atoms with Crippen molar-refractivity contribution < 1.29 is 14.4 Å². The van der Waals surface area contributed by atoms with Gasteiger partial charge in [0.25, 0.3) is 5.91 Å². The fourth-order valence-corrected chi connectivity index (χ4v) is 3.96. The third-order valence-corrected chi connectivity index (χ3v) is 5.42. The molecule has 7 nitrogen and oxygen atoms in total. The molecule has 8 heteroatoms. The van der Waals surface area contributed by atoms with E-state index >= 15 is 0 Å². The van der Waals surface area contributed by atoms with E-state index in [4.69, 9.17) is 0 Å². The molecule has 1 aromatic heterocycles. The highest BCUT2D eigenvalue weighted by atomic mass is 79.9.